The highest BCUT2D eigenvalue weighted by atomic mass is 19.3. The van der Waals surface area contributed by atoms with E-state index in [0.717, 1.165) is 18.4 Å². The van der Waals surface area contributed by atoms with E-state index in [1.807, 2.05) is 18.2 Å². The summed E-state index contributed by atoms with van der Waals surface area (Å²) >= 11 is 0. The molecule has 0 unspecified atom stereocenters. The number of halogens is 3. The summed E-state index contributed by atoms with van der Waals surface area (Å²) < 4.78 is 49.3. The molecule has 1 nitrogen and oxygen atoms in total. The zero-order valence-electron chi connectivity index (χ0n) is 18.7. The number of benzene rings is 3. The van der Waals surface area contributed by atoms with Crippen molar-refractivity contribution in [2.24, 2.45) is 0 Å². The predicted molar refractivity (Wildman–Crippen MR) is 124 cm³/mol. The molecule has 4 rings (SSSR count). The largest absolute Gasteiger partial charge is 0.427 e. The van der Waals surface area contributed by atoms with Gasteiger partial charge in [0.05, 0.1) is 5.56 Å². The second kappa shape index (κ2) is 9.40. The van der Waals surface area contributed by atoms with Crippen LogP contribution in [0.25, 0.3) is 22.3 Å². The van der Waals surface area contributed by atoms with E-state index >= 15 is 0 Å². The fraction of sp³-hybridized carbons (Fsp3) is 0.357. The molecule has 1 heterocycles. The Morgan fingerprint density at radius 3 is 2.19 bits per heavy atom. The Hall–Kier alpha value is -2.75. The number of rotatable bonds is 8. The van der Waals surface area contributed by atoms with E-state index in [2.05, 4.69) is 19.1 Å². The minimum atomic E-state index is -3.59. The minimum Gasteiger partial charge on any atom is -0.425 e. The highest BCUT2D eigenvalue weighted by molar-refractivity contribution is 5.80. The smallest absolute Gasteiger partial charge is 0.425 e. The first kappa shape index (κ1) is 22.4. The number of alkyl halides is 2. The van der Waals surface area contributed by atoms with Crippen LogP contribution in [0.3, 0.4) is 0 Å². The van der Waals surface area contributed by atoms with E-state index in [1.54, 1.807) is 25.1 Å². The summed E-state index contributed by atoms with van der Waals surface area (Å²) in [5.41, 5.74) is 3.63. The monoisotopic (exact) mass is 438 g/mol. The Bertz CT molecular complexity index is 1090. The Labute approximate surface area is 188 Å². The summed E-state index contributed by atoms with van der Waals surface area (Å²) in [6.07, 6.45) is 4.03. The Kier molecular flexibility index (Phi) is 6.59. The molecule has 4 heteroatoms. The van der Waals surface area contributed by atoms with Crippen LogP contribution in [0, 0.1) is 5.82 Å². The second-order valence-electron chi connectivity index (χ2n) is 8.51. The lowest BCUT2D eigenvalue weighted by Crippen LogP contribution is -2.27. The van der Waals surface area contributed by atoms with Gasteiger partial charge >= 0.3 is 6.11 Å². The van der Waals surface area contributed by atoms with E-state index in [1.165, 1.54) is 37.3 Å². The molecule has 1 aliphatic heterocycles. The van der Waals surface area contributed by atoms with Crippen LogP contribution in [-0.2, 0) is 19.0 Å². The van der Waals surface area contributed by atoms with Crippen LogP contribution in [-0.4, -0.2) is 0 Å². The molecule has 3 aromatic rings. The Balaban J connectivity index is 1.59. The molecule has 0 saturated carbocycles. The minimum absolute atomic E-state index is 0.230. The highest BCUT2D eigenvalue weighted by Crippen LogP contribution is 2.49. The van der Waals surface area contributed by atoms with Gasteiger partial charge in [-0.2, -0.15) is 8.78 Å². The van der Waals surface area contributed by atoms with Crippen molar-refractivity contribution >= 4 is 0 Å². The summed E-state index contributed by atoms with van der Waals surface area (Å²) in [7, 11) is 0. The van der Waals surface area contributed by atoms with E-state index in [4.69, 9.17) is 4.74 Å². The third-order valence-corrected chi connectivity index (χ3v) is 6.27. The number of hydrogen-bond donors (Lipinski definition) is 0. The average molecular weight is 439 g/mol. The maximum Gasteiger partial charge on any atom is 0.427 e. The van der Waals surface area contributed by atoms with Gasteiger partial charge in [0, 0.05) is 5.56 Å². The van der Waals surface area contributed by atoms with E-state index in [-0.39, 0.29) is 11.3 Å². The van der Waals surface area contributed by atoms with Crippen molar-refractivity contribution in [3.05, 3.63) is 77.1 Å². The van der Waals surface area contributed by atoms with Crippen LogP contribution < -0.4 is 4.74 Å². The summed E-state index contributed by atoms with van der Waals surface area (Å²) in [5.74, 6) is -1.07. The first-order valence-corrected chi connectivity index (χ1v) is 11.6. The molecule has 0 fully saturated rings. The highest BCUT2D eigenvalue weighted by Gasteiger charge is 2.43. The summed E-state index contributed by atoms with van der Waals surface area (Å²) in [6, 6.07) is 16.3. The zero-order chi connectivity index (χ0) is 22.7. The summed E-state index contributed by atoms with van der Waals surface area (Å²) in [4.78, 5) is 0. The molecule has 3 aromatic carbocycles. The molecule has 1 aliphatic rings. The molecule has 32 heavy (non-hydrogen) atoms. The number of fused-ring (bicyclic) bond motifs is 3. The molecular formula is C28H29F3O. The van der Waals surface area contributed by atoms with Crippen molar-refractivity contribution < 1.29 is 17.9 Å². The molecule has 0 bridgehead atoms. The van der Waals surface area contributed by atoms with Crippen molar-refractivity contribution in [3.8, 4) is 28.0 Å². The van der Waals surface area contributed by atoms with Crippen molar-refractivity contribution in [2.75, 3.05) is 0 Å². The number of unbranched alkanes of at least 4 members (excludes halogenated alkanes) is 4. The van der Waals surface area contributed by atoms with E-state index in [9.17, 15) is 13.2 Å². The maximum atomic E-state index is 14.9. The molecule has 0 aromatic heterocycles. The first-order chi connectivity index (χ1) is 15.4. The van der Waals surface area contributed by atoms with Crippen LogP contribution in [0.15, 0.2) is 54.6 Å². The van der Waals surface area contributed by atoms with Gasteiger partial charge in [-0.05, 0) is 53.1 Å². The molecular weight excluding hydrogens is 409 g/mol. The molecule has 0 saturated heterocycles. The summed E-state index contributed by atoms with van der Waals surface area (Å²) in [5, 5.41) is 0. The third-order valence-electron chi connectivity index (χ3n) is 6.27. The van der Waals surface area contributed by atoms with Crippen molar-refractivity contribution in [1.29, 1.82) is 0 Å². The lowest BCUT2D eigenvalue weighted by Gasteiger charge is -2.29. The van der Waals surface area contributed by atoms with Crippen LogP contribution >= 0.6 is 0 Å². The quantitative estimate of drug-likeness (QED) is 0.320. The fourth-order valence-corrected chi connectivity index (χ4v) is 4.36. The molecule has 0 N–H and O–H groups in total. The lowest BCUT2D eigenvalue weighted by atomic mass is 9.91. The molecule has 0 aliphatic carbocycles. The van der Waals surface area contributed by atoms with Gasteiger partial charge in [-0.25, -0.2) is 4.39 Å². The summed E-state index contributed by atoms with van der Waals surface area (Å²) in [6.45, 7) is 3.99. The SMILES string of the molecule is CCCCCCCc1ccc(-c2ccc3c(c2)C(F)(F)Oc2c-3ccc(CC)c2F)cc1. The number of ether oxygens (including phenoxy) is 1. The average Bonchev–Trinajstić information content (AvgIpc) is 2.80. The maximum absolute atomic E-state index is 14.9. The van der Waals surface area contributed by atoms with Gasteiger partial charge in [-0.15, -0.1) is 0 Å². The molecule has 0 atom stereocenters. The van der Waals surface area contributed by atoms with Gasteiger partial charge in [-0.3, -0.25) is 0 Å². The molecule has 0 amide bonds. The normalized spacial score (nSPS) is 13.9. The topological polar surface area (TPSA) is 9.23 Å². The van der Waals surface area contributed by atoms with Crippen LogP contribution in [0.2, 0.25) is 0 Å². The van der Waals surface area contributed by atoms with Gasteiger partial charge in [0.2, 0.25) is 0 Å². The molecule has 0 radical (unpaired) electrons. The Morgan fingerprint density at radius 1 is 0.781 bits per heavy atom. The first-order valence-electron chi connectivity index (χ1n) is 11.6. The van der Waals surface area contributed by atoms with Gasteiger partial charge in [0.1, 0.15) is 0 Å². The second-order valence-corrected chi connectivity index (χ2v) is 8.51. The van der Waals surface area contributed by atoms with Gasteiger partial charge < -0.3 is 4.74 Å². The van der Waals surface area contributed by atoms with Crippen molar-refractivity contribution in [1.82, 2.24) is 0 Å². The van der Waals surface area contributed by atoms with Gasteiger partial charge in [0.25, 0.3) is 0 Å². The van der Waals surface area contributed by atoms with Gasteiger partial charge in [0.15, 0.2) is 11.6 Å². The number of hydrogen-bond acceptors (Lipinski definition) is 1. The van der Waals surface area contributed by atoms with E-state index in [0.29, 0.717) is 28.7 Å². The van der Waals surface area contributed by atoms with E-state index < -0.39 is 11.9 Å². The Morgan fingerprint density at radius 2 is 1.47 bits per heavy atom. The van der Waals surface area contributed by atoms with Gasteiger partial charge in [-0.1, -0.05) is 88.1 Å². The molecule has 168 valence electrons. The van der Waals surface area contributed by atoms with Crippen molar-refractivity contribution in [3.63, 3.8) is 0 Å². The lowest BCUT2D eigenvalue weighted by molar-refractivity contribution is -0.188. The predicted octanol–water partition coefficient (Wildman–Crippen LogP) is 8.68. The third kappa shape index (κ3) is 4.41. The molecule has 0 spiro atoms. The fourth-order valence-electron chi connectivity index (χ4n) is 4.36. The van der Waals surface area contributed by atoms with Crippen LogP contribution in [0.1, 0.15) is 62.6 Å². The number of aryl methyl sites for hydroxylation is 2. The van der Waals surface area contributed by atoms with Crippen molar-refractivity contribution in [2.45, 2.75) is 64.9 Å². The van der Waals surface area contributed by atoms with Crippen LogP contribution in [0.4, 0.5) is 13.2 Å². The van der Waals surface area contributed by atoms with Crippen LogP contribution in [0.5, 0.6) is 5.75 Å². The standard InChI is InChI=1S/C28H29F3O/c1-3-5-6-7-8-9-19-10-12-21(13-11-19)22-15-16-23-24-17-14-20(4-2)26(29)27(24)32-28(30,31)25(23)18-22/h10-18H,3-9H2,1-2H3. The zero-order valence-corrected chi connectivity index (χ0v) is 18.7.